The van der Waals surface area contributed by atoms with Gasteiger partial charge in [-0.1, -0.05) is 24.3 Å². The molecule has 0 unspecified atom stereocenters. The summed E-state index contributed by atoms with van der Waals surface area (Å²) in [6.45, 7) is 3.73. The molecule has 1 aromatic carbocycles. The molecule has 1 aromatic heterocycles. The summed E-state index contributed by atoms with van der Waals surface area (Å²) in [5, 5.41) is 0.716. The van der Waals surface area contributed by atoms with Crippen molar-refractivity contribution in [3.05, 3.63) is 33.3 Å². The minimum Gasteiger partial charge on any atom is -0.337 e. The summed E-state index contributed by atoms with van der Waals surface area (Å²) in [6.07, 6.45) is 1.75. The van der Waals surface area contributed by atoms with Crippen molar-refractivity contribution in [1.29, 1.82) is 0 Å². The van der Waals surface area contributed by atoms with Gasteiger partial charge in [-0.2, -0.15) is 0 Å². The molecule has 0 atom stereocenters. The number of aromatic amines is 1. The van der Waals surface area contributed by atoms with Crippen molar-refractivity contribution in [3.63, 3.8) is 0 Å². The fourth-order valence-corrected chi connectivity index (χ4v) is 2.73. The zero-order chi connectivity index (χ0) is 9.42. The molecular weight excluding hydrogens is 222 g/mol. The van der Waals surface area contributed by atoms with Crippen molar-refractivity contribution in [2.75, 3.05) is 0 Å². The summed E-state index contributed by atoms with van der Waals surface area (Å²) in [4.78, 5) is 3.09. The average molecular weight is 228 g/mol. The standard InChI is InChI=1S/C9H6ClNS2/c1-2-5-6(10)3-4-7-8(5)13-9(12)11-7/h2-4H,1H2,(H,11,12). The lowest BCUT2D eigenvalue weighted by atomic mass is 10.2. The molecule has 2 rings (SSSR count). The van der Waals surface area contributed by atoms with E-state index in [4.69, 9.17) is 23.8 Å². The number of fused-ring (bicyclic) bond motifs is 1. The SMILES string of the molecule is C=Cc1c(Cl)ccc2[nH]c(=S)sc12. The van der Waals surface area contributed by atoms with Gasteiger partial charge in [0, 0.05) is 10.6 Å². The predicted octanol–water partition coefficient (Wildman–Crippen LogP) is 4.26. The Labute approximate surface area is 89.7 Å². The van der Waals surface area contributed by atoms with E-state index in [1.165, 1.54) is 11.3 Å². The van der Waals surface area contributed by atoms with Gasteiger partial charge in [0.25, 0.3) is 0 Å². The van der Waals surface area contributed by atoms with E-state index >= 15 is 0 Å². The Morgan fingerprint density at radius 2 is 2.31 bits per heavy atom. The molecule has 4 heteroatoms. The van der Waals surface area contributed by atoms with Gasteiger partial charge in [0.2, 0.25) is 0 Å². The molecule has 0 aliphatic carbocycles. The fourth-order valence-electron chi connectivity index (χ4n) is 1.20. The Morgan fingerprint density at radius 3 is 3.00 bits per heavy atom. The molecule has 0 fully saturated rings. The van der Waals surface area contributed by atoms with Crippen LogP contribution in [0.1, 0.15) is 5.56 Å². The Kier molecular flexibility index (Phi) is 2.24. The summed E-state index contributed by atoms with van der Waals surface area (Å²) < 4.78 is 1.84. The van der Waals surface area contributed by atoms with Gasteiger partial charge < -0.3 is 4.98 Å². The Bertz CT molecular complexity index is 524. The average Bonchev–Trinajstić information content (AvgIpc) is 2.45. The van der Waals surface area contributed by atoms with Crippen LogP contribution in [0, 0.1) is 3.95 Å². The number of hydrogen-bond acceptors (Lipinski definition) is 2. The van der Waals surface area contributed by atoms with Crippen molar-refractivity contribution in [3.8, 4) is 0 Å². The molecule has 1 heterocycles. The zero-order valence-electron chi connectivity index (χ0n) is 6.63. The summed E-state index contributed by atoms with van der Waals surface area (Å²) in [6, 6.07) is 3.77. The second kappa shape index (κ2) is 3.25. The van der Waals surface area contributed by atoms with Gasteiger partial charge in [-0.15, -0.1) is 11.3 Å². The van der Waals surface area contributed by atoms with Crippen LogP contribution < -0.4 is 0 Å². The normalized spacial score (nSPS) is 10.5. The molecule has 0 radical (unpaired) electrons. The number of hydrogen-bond donors (Lipinski definition) is 1. The zero-order valence-corrected chi connectivity index (χ0v) is 9.02. The minimum absolute atomic E-state index is 0.716. The van der Waals surface area contributed by atoms with E-state index in [2.05, 4.69) is 11.6 Å². The smallest absolute Gasteiger partial charge is 0.159 e. The van der Waals surface area contributed by atoms with Crippen molar-refractivity contribution in [2.45, 2.75) is 0 Å². The van der Waals surface area contributed by atoms with Crippen LogP contribution in [0.25, 0.3) is 16.3 Å². The highest BCUT2D eigenvalue weighted by Gasteiger charge is 2.04. The van der Waals surface area contributed by atoms with Gasteiger partial charge in [-0.25, -0.2) is 0 Å². The van der Waals surface area contributed by atoms with Gasteiger partial charge in [-0.05, 0) is 24.4 Å². The van der Waals surface area contributed by atoms with Crippen molar-refractivity contribution in [2.24, 2.45) is 0 Å². The Morgan fingerprint density at radius 1 is 1.54 bits per heavy atom. The Balaban J connectivity index is 2.98. The minimum atomic E-state index is 0.716. The molecule has 66 valence electrons. The molecule has 1 N–H and O–H groups in total. The van der Waals surface area contributed by atoms with Gasteiger partial charge >= 0.3 is 0 Å². The highest BCUT2D eigenvalue weighted by Crippen LogP contribution is 2.29. The summed E-state index contributed by atoms with van der Waals surface area (Å²) in [5.74, 6) is 0. The quantitative estimate of drug-likeness (QED) is 0.720. The molecule has 0 spiro atoms. The van der Waals surface area contributed by atoms with E-state index in [9.17, 15) is 0 Å². The van der Waals surface area contributed by atoms with E-state index in [1.807, 2.05) is 12.1 Å². The number of aromatic nitrogens is 1. The van der Waals surface area contributed by atoms with Crippen LogP contribution in [-0.2, 0) is 0 Å². The number of benzene rings is 1. The van der Waals surface area contributed by atoms with Crippen LogP contribution in [0.2, 0.25) is 5.02 Å². The van der Waals surface area contributed by atoms with Crippen LogP contribution in [0.4, 0.5) is 0 Å². The van der Waals surface area contributed by atoms with Gasteiger partial charge in [0.1, 0.15) is 0 Å². The summed E-state index contributed by atoms with van der Waals surface area (Å²) in [7, 11) is 0. The number of halogens is 1. The molecule has 0 saturated heterocycles. The molecule has 1 nitrogen and oxygen atoms in total. The first-order chi connectivity index (χ1) is 6.22. The van der Waals surface area contributed by atoms with Crippen LogP contribution in [0.15, 0.2) is 18.7 Å². The second-order valence-corrected chi connectivity index (χ2v) is 4.65. The topological polar surface area (TPSA) is 15.8 Å². The van der Waals surface area contributed by atoms with Crippen molar-refractivity contribution < 1.29 is 0 Å². The van der Waals surface area contributed by atoms with Gasteiger partial charge in [0.05, 0.1) is 10.2 Å². The predicted molar refractivity (Wildman–Crippen MR) is 62.1 cm³/mol. The van der Waals surface area contributed by atoms with E-state index in [-0.39, 0.29) is 0 Å². The second-order valence-electron chi connectivity index (χ2n) is 2.56. The molecular formula is C9H6ClNS2. The van der Waals surface area contributed by atoms with Crippen LogP contribution in [-0.4, -0.2) is 4.98 Å². The van der Waals surface area contributed by atoms with E-state index < -0.39 is 0 Å². The third-order valence-corrected chi connectivity index (χ3v) is 3.39. The molecule has 0 bridgehead atoms. The van der Waals surface area contributed by atoms with Crippen molar-refractivity contribution in [1.82, 2.24) is 4.98 Å². The number of rotatable bonds is 1. The van der Waals surface area contributed by atoms with E-state index in [0.29, 0.717) is 5.02 Å². The fraction of sp³-hybridized carbons (Fsp3) is 0. The Hall–Kier alpha value is -0.640. The molecule has 0 amide bonds. The molecule has 2 aromatic rings. The van der Waals surface area contributed by atoms with E-state index in [0.717, 1.165) is 19.7 Å². The molecule has 0 aliphatic heterocycles. The number of H-pyrrole nitrogens is 1. The lowest BCUT2D eigenvalue weighted by Gasteiger charge is -1.97. The first-order valence-corrected chi connectivity index (χ1v) is 5.26. The maximum absolute atomic E-state index is 6.00. The molecule has 0 aliphatic rings. The lowest BCUT2D eigenvalue weighted by molar-refractivity contribution is 1.47. The third kappa shape index (κ3) is 1.43. The number of nitrogens with one attached hydrogen (secondary N) is 1. The maximum Gasteiger partial charge on any atom is 0.159 e. The monoisotopic (exact) mass is 227 g/mol. The first-order valence-electron chi connectivity index (χ1n) is 3.66. The van der Waals surface area contributed by atoms with Crippen molar-refractivity contribution >= 4 is 51.4 Å². The maximum atomic E-state index is 6.00. The van der Waals surface area contributed by atoms with E-state index in [1.54, 1.807) is 6.08 Å². The summed E-state index contributed by atoms with van der Waals surface area (Å²) >= 11 is 12.6. The highest BCUT2D eigenvalue weighted by molar-refractivity contribution is 7.73. The number of thiazole rings is 1. The molecule has 0 saturated carbocycles. The van der Waals surface area contributed by atoms with Crippen LogP contribution in [0.3, 0.4) is 0 Å². The lowest BCUT2D eigenvalue weighted by Crippen LogP contribution is -1.75. The van der Waals surface area contributed by atoms with Crippen LogP contribution in [0.5, 0.6) is 0 Å². The summed E-state index contributed by atoms with van der Waals surface area (Å²) in [5.41, 5.74) is 1.98. The molecule has 13 heavy (non-hydrogen) atoms. The largest absolute Gasteiger partial charge is 0.337 e. The highest BCUT2D eigenvalue weighted by atomic mass is 35.5. The third-order valence-electron chi connectivity index (χ3n) is 1.78. The van der Waals surface area contributed by atoms with Gasteiger partial charge in [-0.3, -0.25) is 0 Å². The van der Waals surface area contributed by atoms with Crippen LogP contribution >= 0.6 is 35.2 Å². The van der Waals surface area contributed by atoms with Gasteiger partial charge in [0.15, 0.2) is 3.95 Å². The first kappa shape index (κ1) is 8.94.